The summed E-state index contributed by atoms with van der Waals surface area (Å²) in [4.78, 5) is 46.7. The van der Waals surface area contributed by atoms with Crippen LogP contribution >= 0.6 is 11.6 Å². The van der Waals surface area contributed by atoms with Crippen molar-refractivity contribution >= 4 is 34.9 Å². The molecule has 2 saturated heterocycles. The minimum Gasteiger partial charge on any atom is -0.488 e. The Kier molecular flexibility index (Phi) is 12.4. The van der Waals surface area contributed by atoms with E-state index >= 15 is 0 Å². The van der Waals surface area contributed by atoms with Gasteiger partial charge in [0.2, 0.25) is 17.6 Å². The van der Waals surface area contributed by atoms with Crippen molar-refractivity contribution in [3.8, 4) is 5.75 Å². The van der Waals surface area contributed by atoms with Crippen LogP contribution < -0.4 is 10.1 Å². The predicted octanol–water partition coefficient (Wildman–Crippen LogP) is 6.32. The fourth-order valence-electron chi connectivity index (χ4n) is 7.77. The van der Waals surface area contributed by atoms with Crippen molar-refractivity contribution in [1.82, 2.24) is 20.0 Å². The van der Waals surface area contributed by atoms with Gasteiger partial charge in [-0.2, -0.15) is 4.39 Å². The Morgan fingerprint density at radius 2 is 1.58 bits per heavy atom. The molecule has 292 valence electrons. The first-order chi connectivity index (χ1) is 26.7. The van der Waals surface area contributed by atoms with Crippen molar-refractivity contribution in [3.05, 3.63) is 105 Å². The summed E-state index contributed by atoms with van der Waals surface area (Å²) < 4.78 is 52.2. The molecule has 1 N–H and O–H groups in total. The van der Waals surface area contributed by atoms with Gasteiger partial charge in [-0.1, -0.05) is 54.1 Å². The van der Waals surface area contributed by atoms with Gasteiger partial charge in [-0.15, -0.1) is 0 Å². The molecule has 2 bridgehead atoms. The van der Waals surface area contributed by atoms with Crippen molar-refractivity contribution in [1.29, 1.82) is 0 Å². The van der Waals surface area contributed by atoms with Crippen molar-refractivity contribution in [3.63, 3.8) is 0 Å². The second kappa shape index (κ2) is 17.6. The van der Waals surface area contributed by atoms with Crippen molar-refractivity contribution < 1.29 is 37.0 Å². The van der Waals surface area contributed by atoms with Crippen molar-refractivity contribution in [2.75, 3.05) is 46.0 Å². The summed E-state index contributed by atoms with van der Waals surface area (Å²) in [5.74, 6) is -4.23. The number of aryl methyl sites for hydroxylation is 1. The summed E-state index contributed by atoms with van der Waals surface area (Å²) in [7, 11) is 0. The number of ether oxygens (including phenoxy) is 2. The summed E-state index contributed by atoms with van der Waals surface area (Å²) in [5, 5.41) is 4.26. The first-order valence-electron chi connectivity index (χ1n) is 19.2. The van der Waals surface area contributed by atoms with Gasteiger partial charge in [0, 0.05) is 68.2 Å². The summed E-state index contributed by atoms with van der Waals surface area (Å²) >= 11 is 6.57. The molecule has 55 heavy (non-hydrogen) atoms. The average Bonchev–Trinajstić information content (AvgIpc) is 4.04. The predicted molar refractivity (Wildman–Crippen MR) is 202 cm³/mol. The number of hydrogen-bond acceptors (Lipinski definition) is 6. The van der Waals surface area contributed by atoms with E-state index in [0.29, 0.717) is 88.6 Å². The highest BCUT2D eigenvalue weighted by Crippen LogP contribution is 2.38. The van der Waals surface area contributed by atoms with Gasteiger partial charge in [0.15, 0.2) is 17.4 Å². The van der Waals surface area contributed by atoms with Gasteiger partial charge in [0.05, 0.1) is 25.9 Å². The van der Waals surface area contributed by atoms with Crippen LogP contribution in [0.5, 0.6) is 5.75 Å². The first kappa shape index (κ1) is 38.9. The van der Waals surface area contributed by atoms with E-state index in [1.165, 1.54) is 0 Å². The third kappa shape index (κ3) is 9.36. The fourth-order valence-corrected chi connectivity index (χ4v) is 7.97. The molecule has 4 aliphatic rings. The Morgan fingerprint density at radius 1 is 0.873 bits per heavy atom. The molecule has 3 heterocycles. The van der Waals surface area contributed by atoms with Gasteiger partial charge in [0.25, 0.3) is 5.91 Å². The van der Waals surface area contributed by atoms with Crippen LogP contribution in [0.15, 0.2) is 66.2 Å². The lowest BCUT2D eigenvalue weighted by molar-refractivity contribution is -0.136. The van der Waals surface area contributed by atoms with E-state index in [2.05, 4.69) is 5.32 Å². The second-order valence-electron chi connectivity index (χ2n) is 14.7. The Bertz CT molecular complexity index is 1920. The molecule has 0 aromatic heterocycles. The number of amides is 3. The lowest BCUT2D eigenvalue weighted by atomic mass is 9.82. The summed E-state index contributed by atoms with van der Waals surface area (Å²) in [5.41, 5.74) is 4.35. The van der Waals surface area contributed by atoms with Crippen LogP contribution in [0.25, 0.3) is 5.57 Å². The Labute approximate surface area is 324 Å². The Hall–Kier alpha value is -4.39. The van der Waals surface area contributed by atoms with Gasteiger partial charge in [-0.3, -0.25) is 14.4 Å². The number of nitrogens with zero attached hydrogens (tertiary/aromatic N) is 3. The molecule has 3 fully saturated rings. The smallest absolute Gasteiger partial charge is 0.252 e. The number of rotatable bonds is 14. The summed E-state index contributed by atoms with van der Waals surface area (Å²) in [6.07, 6.45) is 4.38. The average molecular weight is 779 g/mol. The fraction of sp³-hybridized carbons (Fsp3) is 0.452. The molecule has 3 aromatic carbocycles. The highest BCUT2D eigenvalue weighted by atomic mass is 35.5. The zero-order chi connectivity index (χ0) is 38.5. The van der Waals surface area contributed by atoms with E-state index in [1.807, 2.05) is 58.3 Å². The first-order valence-corrected chi connectivity index (χ1v) is 19.6. The van der Waals surface area contributed by atoms with E-state index in [9.17, 15) is 27.6 Å². The number of nitrogens with one attached hydrogen (secondary N) is 1. The van der Waals surface area contributed by atoms with Gasteiger partial charge >= 0.3 is 0 Å². The number of halogens is 4. The lowest BCUT2D eigenvalue weighted by Gasteiger charge is -2.45. The molecule has 1 aliphatic carbocycles. The molecule has 9 nitrogen and oxygen atoms in total. The topological polar surface area (TPSA) is 91.4 Å². The molecule has 3 amide bonds. The number of benzene rings is 3. The van der Waals surface area contributed by atoms with Crippen molar-refractivity contribution in [2.45, 2.75) is 76.0 Å². The largest absolute Gasteiger partial charge is 0.488 e. The van der Waals surface area contributed by atoms with Crippen LogP contribution in [-0.4, -0.2) is 96.5 Å². The van der Waals surface area contributed by atoms with Crippen LogP contribution in [-0.2, 0) is 32.1 Å². The van der Waals surface area contributed by atoms with Gasteiger partial charge < -0.3 is 29.5 Å². The quantitative estimate of drug-likeness (QED) is 0.152. The molecule has 3 aliphatic heterocycles. The van der Waals surface area contributed by atoms with Crippen LogP contribution in [0, 0.1) is 17.5 Å². The minimum absolute atomic E-state index is 0.000288. The third-order valence-corrected chi connectivity index (χ3v) is 11.2. The molecule has 13 heteroatoms. The van der Waals surface area contributed by atoms with E-state index in [0.717, 1.165) is 47.2 Å². The molecule has 1 saturated carbocycles. The molecule has 0 unspecified atom stereocenters. The Balaban J connectivity index is 1.07. The maximum atomic E-state index is 14.8. The zero-order valence-corrected chi connectivity index (χ0v) is 31.5. The lowest BCUT2D eigenvalue weighted by Crippen LogP contribution is -2.62. The highest BCUT2D eigenvalue weighted by Gasteiger charge is 2.43. The molecule has 2 atom stereocenters. The van der Waals surface area contributed by atoms with E-state index < -0.39 is 23.2 Å². The van der Waals surface area contributed by atoms with Crippen LogP contribution in [0.2, 0.25) is 5.02 Å². The number of carbonyl (C=O) groups is 3. The van der Waals surface area contributed by atoms with Gasteiger partial charge in [-0.05, 0) is 79.0 Å². The Morgan fingerprint density at radius 3 is 2.31 bits per heavy atom. The number of morpholine rings is 1. The van der Waals surface area contributed by atoms with E-state index in [-0.39, 0.29) is 48.9 Å². The van der Waals surface area contributed by atoms with Crippen molar-refractivity contribution in [2.24, 2.45) is 0 Å². The molecule has 3 aromatic rings. The second-order valence-corrected chi connectivity index (χ2v) is 15.1. The summed E-state index contributed by atoms with van der Waals surface area (Å²) in [6.45, 7) is 3.43. The minimum atomic E-state index is -1.34. The number of hydrogen-bond donors (Lipinski definition) is 1. The molecule has 0 spiro atoms. The SMILES string of the molecule is O=C(CCCC(=O)N1C[C@H]2CC(c3ccc(CCCOc4c(F)ccc(F)c4F)cc3)=C(C(=O)N(Cc3ccccc3Cl)C3CC3)[C@@H](C1)N2)N1CCOCC1. The van der Waals surface area contributed by atoms with Crippen LogP contribution in [0.1, 0.15) is 61.6 Å². The van der Waals surface area contributed by atoms with Crippen LogP contribution in [0.4, 0.5) is 13.2 Å². The van der Waals surface area contributed by atoms with Gasteiger partial charge in [-0.25, -0.2) is 8.78 Å². The van der Waals surface area contributed by atoms with E-state index in [1.54, 1.807) is 4.90 Å². The monoisotopic (exact) mass is 778 g/mol. The normalized spacial score (nSPS) is 19.7. The number of piperazine rings is 1. The molecular weight excluding hydrogens is 733 g/mol. The third-order valence-electron chi connectivity index (χ3n) is 10.8. The maximum Gasteiger partial charge on any atom is 0.252 e. The molecule has 0 radical (unpaired) electrons. The summed E-state index contributed by atoms with van der Waals surface area (Å²) in [6, 6.07) is 16.7. The maximum absolute atomic E-state index is 14.8. The highest BCUT2D eigenvalue weighted by molar-refractivity contribution is 6.31. The number of fused-ring (bicyclic) bond motifs is 2. The zero-order valence-electron chi connectivity index (χ0n) is 30.7. The molecular formula is C42H46ClF3N4O5. The standard InChI is InChI=1S/C42H46ClF3N4O5/c43-33-7-2-1-6-29(33)24-50(31-14-15-31)42(53)39-32(28-12-10-27(11-13-28)5-4-20-55-41-35(45)17-16-34(44)40(41)46)23-30-25-49(26-36(39)47-30)38(52)9-3-8-37(51)48-18-21-54-22-19-48/h1-2,6-7,10-13,16-17,30-31,36,47H,3-5,8-9,14-15,18-26H2/t30-,36-/m1/s1. The van der Waals surface area contributed by atoms with E-state index in [4.69, 9.17) is 21.1 Å². The van der Waals surface area contributed by atoms with Gasteiger partial charge in [0.1, 0.15) is 0 Å². The molecule has 7 rings (SSSR count). The van der Waals surface area contributed by atoms with Crippen LogP contribution in [0.3, 0.4) is 0 Å². The number of carbonyl (C=O) groups excluding carboxylic acids is 3.